The fourth-order valence-corrected chi connectivity index (χ4v) is 5.48. The number of hydrogen-bond donors (Lipinski definition) is 0. The Bertz CT molecular complexity index is 1040. The van der Waals surface area contributed by atoms with Gasteiger partial charge in [-0.2, -0.15) is 0 Å². The summed E-state index contributed by atoms with van der Waals surface area (Å²) in [6.07, 6.45) is 4.99. The minimum absolute atomic E-state index is 0.0822. The predicted molar refractivity (Wildman–Crippen MR) is 112 cm³/mol. The van der Waals surface area contributed by atoms with Crippen LogP contribution in [0.2, 0.25) is 0 Å². The summed E-state index contributed by atoms with van der Waals surface area (Å²) < 4.78 is 47.9. The molecule has 2 aliphatic rings. The van der Waals surface area contributed by atoms with Crippen molar-refractivity contribution in [3.05, 3.63) is 47.5 Å². The van der Waals surface area contributed by atoms with Crippen molar-refractivity contribution in [3.8, 4) is 0 Å². The number of halogens is 1. The van der Waals surface area contributed by atoms with Crippen LogP contribution in [0.4, 0.5) is 4.39 Å². The van der Waals surface area contributed by atoms with Crippen LogP contribution in [0.5, 0.6) is 0 Å². The molecule has 2 aromatic rings. The monoisotopic (exact) mass is 449 g/mol. The summed E-state index contributed by atoms with van der Waals surface area (Å²) >= 11 is 0. The lowest BCUT2D eigenvalue weighted by Crippen LogP contribution is -2.33. The molecule has 31 heavy (non-hydrogen) atoms. The zero-order valence-corrected chi connectivity index (χ0v) is 18.5. The van der Waals surface area contributed by atoms with E-state index in [2.05, 4.69) is 4.98 Å². The molecule has 168 valence electrons. The summed E-state index contributed by atoms with van der Waals surface area (Å²) in [4.78, 5) is 18.6. The molecule has 0 radical (unpaired) electrons. The Labute approximate surface area is 182 Å². The molecule has 2 fully saturated rings. The highest BCUT2D eigenvalue weighted by Crippen LogP contribution is 2.32. The number of hydrogen-bond acceptors (Lipinski definition) is 5. The molecular weight excluding hydrogens is 421 g/mol. The molecule has 1 aliphatic heterocycles. The lowest BCUT2D eigenvalue weighted by atomic mass is 10.2. The SMILES string of the molecule is CCN(Cc1cnc(S(=O)(=O)Cc2ccccc2F)n1C[C@H]1CCCO1)C(=O)C1CC1. The predicted octanol–water partition coefficient (Wildman–Crippen LogP) is 2.93. The topological polar surface area (TPSA) is 81.5 Å². The van der Waals surface area contributed by atoms with Crippen molar-refractivity contribution >= 4 is 15.7 Å². The second-order valence-electron chi connectivity index (χ2n) is 8.25. The number of aromatic nitrogens is 2. The number of amides is 1. The van der Waals surface area contributed by atoms with Gasteiger partial charge < -0.3 is 14.2 Å². The Balaban J connectivity index is 1.64. The van der Waals surface area contributed by atoms with E-state index < -0.39 is 21.4 Å². The summed E-state index contributed by atoms with van der Waals surface area (Å²) in [5.74, 6) is -0.849. The maximum atomic E-state index is 14.1. The van der Waals surface area contributed by atoms with Crippen LogP contribution in [0.1, 0.15) is 43.9 Å². The molecule has 4 rings (SSSR count). The zero-order valence-electron chi connectivity index (χ0n) is 17.7. The van der Waals surface area contributed by atoms with Gasteiger partial charge in [0, 0.05) is 24.6 Å². The first-order chi connectivity index (χ1) is 14.9. The number of rotatable bonds is 9. The standard InChI is InChI=1S/C22H28FN3O4S/c1-2-25(21(27)16-9-10-16)13-18-12-24-22(26(18)14-19-7-5-11-30-19)31(28,29)15-17-6-3-4-8-20(17)23/h3-4,6,8,12,16,19H,2,5,7,9-11,13-15H2,1H3/t19-/m1/s1. The molecule has 9 heteroatoms. The van der Waals surface area contributed by atoms with Gasteiger partial charge in [-0.1, -0.05) is 18.2 Å². The fourth-order valence-electron chi connectivity index (χ4n) is 3.97. The van der Waals surface area contributed by atoms with Crippen LogP contribution in [-0.2, 0) is 38.2 Å². The molecule has 1 saturated heterocycles. The van der Waals surface area contributed by atoms with E-state index in [9.17, 15) is 17.6 Å². The molecule has 1 aliphatic carbocycles. The highest BCUT2D eigenvalue weighted by Gasteiger charge is 2.34. The third-order valence-electron chi connectivity index (χ3n) is 5.87. The zero-order chi connectivity index (χ0) is 22.0. The van der Waals surface area contributed by atoms with Crippen LogP contribution in [0.15, 0.2) is 35.6 Å². The lowest BCUT2D eigenvalue weighted by molar-refractivity contribution is -0.133. The van der Waals surface area contributed by atoms with Crippen molar-refractivity contribution < 1.29 is 22.3 Å². The highest BCUT2D eigenvalue weighted by molar-refractivity contribution is 7.90. The molecule has 1 aromatic carbocycles. The normalized spacial score (nSPS) is 19.0. The smallest absolute Gasteiger partial charge is 0.228 e. The van der Waals surface area contributed by atoms with Gasteiger partial charge in [0.15, 0.2) is 0 Å². The quantitative estimate of drug-likeness (QED) is 0.588. The molecule has 0 unspecified atom stereocenters. The lowest BCUT2D eigenvalue weighted by Gasteiger charge is -2.23. The molecule has 1 atom stereocenters. The van der Waals surface area contributed by atoms with E-state index in [0.29, 0.717) is 31.9 Å². The van der Waals surface area contributed by atoms with Crippen molar-refractivity contribution in [1.29, 1.82) is 0 Å². The molecular formula is C22H28FN3O4S. The number of imidazole rings is 1. The van der Waals surface area contributed by atoms with Crippen molar-refractivity contribution in [2.45, 2.75) is 62.7 Å². The van der Waals surface area contributed by atoms with Crippen LogP contribution >= 0.6 is 0 Å². The Morgan fingerprint density at radius 2 is 2.06 bits per heavy atom. The minimum Gasteiger partial charge on any atom is -0.376 e. The first-order valence-electron chi connectivity index (χ1n) is 10.8. The Kier molecular flexibility index (Phi) is 6.43. The van der Waals surface area contributed by atoms with Gasteiger partial charge in [-0.3, -0.25) is 4.79 Å². The number of sulfone groups is 1. The van der Waals surface area contributed by atoms with Crippen LogP contribution in [0.25, 0.3) is 0 Å². The van der Waals surface area contributed by atoms with E-state index in [1.165, 1.54) is 24.4 Å². The Morgan fingerprint density at radius 1 is 1.29 bits per heavy atom. The highest BCUT2D eigenvalue weighted by atomic mass is 32.2. The van der Waals surface area contributed by atoms with Gasteiger partial charge in [0.05, 0.1) is 36.8 Å². The number of benzene rings is 1. The molecule has 0 N–H and O–H groups in total. The van der Waals surface area contributed by atoms with Crippen molar-refractivity contribution in [3.63, 3.8) is 0 Å². The van der Waals surface area contributed by atoms with E-state index in [1.54, 1.807) is 15.5 Å². The van der Waals surface area contributed by atoms with Crippen molar-refractivity contribution in [2.75, 3.05) is 13.2 Å². The van der Waals surface area contributed by atoms with Gasteiger partial charge >= 0.3 is 0 Å². The number of nitrogens with zero attached hydrogens (tertiary/aromatic N) is 3. The molecule has 2 heterocycles. The van der Waals surface area contributed by atoms with E-state index >= 15 is 0 Å². The first-order valence-corrected chi connectivity index (χ1v) is 12.4. The van der Waals surface area contributed by atoms with E-state index in [0.717, 1.165) is 25.7 Å². The summed E-state index contributed by atoms with van der Waals surface area (Å²) in [5.41, 5.74) is 0.758. The molecule has 0 spiro atoms. The molecule has 0 bridgehead atoms. The summed E-state index contributed by atoms with van der Waals surface area (Å²) in [6.45, 7) is 3.74. The largest absolute Gasteiger partial charge is 0.376 e. The minimum atomic E-state index is -3.90. The summed E-state index contributed by atoms with van der Waals surface area (Å²) in [5, 5.41) is -0.101. The van der Waals surface area contributed by atoms with Crippen molar-refractivity contribution in [1.82, 2.24) is 14.5 Å². The van der Waals surface area contributed by atoms with Gasteiger partial charge in [-0.05, 0) is 38.7 Å². The van der Waals surface area contributed by atoms with Gasteiger partial charge in [0.2, 0.25) is 20.9 Å². The first kappa shape index (κ1) is 22.0. The van der Waals surface area contributed by atoms with E-state index in [-0.39, 0.29) is 28.6 Å². The molecule has 1 aromatic heterocycles. The number of carbonyl (C=O) groups is 1. The van der Waals surface area contributed by atoms with Gasteiger partial charge in [0.25, 0.3) is 0 Å². The van der Waals surface area contributed by atoms with Crippen LogP contribution in [-0.4, -0.2) is 48.0 Å². The fraction of sp³-hybridized carbons (Fsp3) is 0.545. The average Bonchev–Trinajstić information content (AvgIpc) is 3.32. The van der Waals surface area contributed by atoms with Gasteiger partial charge in [0.1, 0.15) is 5.82 Å². The third kappa shape index (κ3) is 4.98. The Morgan fingerprint density at radius 3 is 2.71 bits per heavy atom. The van der Waals surface area contributed by atoms with Crippen LogP contribution < -0.4 is 0 Å². The van der Waals surface area contributed by atoms with E-state index in [4.69, 9.17) is 4.74 Å². The summed E-state index contributed by atoms with van der Waals surface area (Å²) in [6, 6.07) is 5.85. The second kappa shape index (κ2) is 9.08. The number of carbonyl (C=O) groups excluding carboxylic acids is 1. The van der Waals surface area contributed by atoms with E-state index in [1.807, 2.05) is 6.92 Å². The van der Waals surface area contributed by atoms with Gasteiger partial charge in [-0.25, -0.2) is 17.8 Å². The third-order valence-corrected chi connectivity index (χ3v) is 7.44. The van der Waals surface area contributed by atoms with Crippen LogP contribution in [0.3, 0.4) is 0 Å². The molecule has 1 saturated carbocycles. The Hall–Kier alpha value is -2.26. The number of ether oxygens (including phenoxy) is 1. The average molecular weight is 450 g/mol. The second-order valence-corrected chi connectivity index (χ2v) is 10.1. The molecule has 7 nitrogen and oxygen atoms in total. The van der Waals surface area contributed by atoms with Crippen LogP contribution in [0, 0.1) is 11.7 Å². The summed E-state index contributed by atoms with van der Waals surface area (Å²) in [7, 11) is -3.90. The van der Waals surface area contributed by atoms with Gasteiger partial charge in [-0.15, -0.1) is 0 Å². The maximum absolute atomic E-state index is 14.1. The molecule has 1 amide bonds. The van der Waals surface area contributed by atoms with Crippen molar-refractivity contribution in [2.24, 2.45) is 5.92 Å². The maximum Gasteiger partial charge on any atom is 0.228 e.